The lowest BCUT2D eigenvalue weighted by Gasteiger charge is -2.17. The summed E-state index contributed by atoms with van der Waals surface area (Å²) in [6.45, 7) is 5.85. The molecule has 0 aliphatic heterocycles. The molecule has 0 radical (unpaired) electrons. The molecule has 0 saturated heterocycles. The van der Waals surface area contributed by atoms with Crippen molar-refractivity contribution in [2.24, 2.45) is 5.92 Å². The zero-order valence-corrected chi connectivity index (χ0v) is 8.59. The number of hydrogen-bond acceptors (Lipinski definition) is 2. The van der Waals surface area contributed by atoms with Gasteiger partial charge in [-0.2, -0.15) is 0 Å². The highest BCUT2D eigenvalue weighted by molar-refractivity contribution is 4.90. The Hall–Kier alpha value is -0.340. The summed E-state index contributed by atoms with van der Waals surface area (Å²) >= 11 is 0. The number of nitrogens with one attached hydrogen (secondary N) is 1. The van der Waals surface area contributed by atoms with Gasteiger partial charge in [0.2, 0.25) is 0 Å². The molecule has 1 atom stereocenters. The van der Waals surface area contributed by atoms with Crippen LogP contribution in [0.4, 0.5) is 0 Å². The quantitative estimate of drug-likeness (QED) is 0.502. The maximum atomic E-state index is 5.25. The normalized spacial score (nSPS) is 22.1. The number of allylic oxidation sites excluding steroid dienone is 2. The van der Waals surface area contributed by atoms with E-state index < -0.39 is 0 Å². The van der Waals surface area contributed by atoms with Gasteiger partial charge < -0.3 is 10.1 Å². The van der Waals surface area contributed by atoms with Gasteiger partial charge in [0.05, 0.1) is 6.61 Å². The highest BCUT2D eigenvalue weighted by atomic mass is 16.5. The molecule has 0 aromatic heterocycles. The molecule has 76 valence electrons. The van der Waals surface area contributed by atoms with Crippen molar-refractivity contribution < 1.29 is 4.74 Å². The summed E-state index contributed by atoms with van der Waals surface area (Å²) in [6.07, 6.45) is 8.45. The lowest BCUT2D eigenvalue weighted by molar-refractivity contribution is 0.148. The first-order chi connectivity index (χ1) is 6.43. The molecule has 2 heteroatoms. The SMILES string of the molecule is CCOCCNCC1CC=CCC1. The van der Waals surface area contributed by atoms with Gasteiger partial charge in [0.25, 0.3) is 0 Å². The summed E-state index contributed by atoms with van der Waals surface area (Å²) in [6, 6.07) is 0. The van der Waals surface area contributed by atoms with Gasteiger partial charge in [0.15, 0.2) is 0 Å². The average Bonchev–Trinajstić information content (AvgIpc) is 2.19. The molecule has 1 aliphatic carbocycles. The van der Waals surface area contributed by atoms with Crippen molar-refractivity contribution in [2.45, 2.75) is 26.2 Å². The molecule has 1 N–H and O–H groups in total. The van der Waals surface area contributed by atoms with Crippen LogP contribution in [-0.4, -0.2) is 26.3 Å². The van der Waals surface area contributed by atoms with E-state index in [0.29, 0.717) is 0 Å². The van der Waals surface area contributed by atoms with Crippen LogP contribution in [0.2, 0.25) is 0 Å². The van der Waals surface area contributed by atoms with Crippen LogP contribution in [0.3, 0.4) is 0 Å². The van der Waals surface area contributed by atoms with E-state index >= 15 is 0 Å². The van der Waals surface area contributed by atoms with E-state index in [1.54, 1.807) is 0 Å². The topological polar surface area (TPSA) is 21.3 Å². The molecule has 0 saturated carbocycles. The Balaban J connectivity index is 1.90. The Morgan fingerprint density at radius 3 is 3.08 bits per heavy atom. The van der Waals surface area contributed by atoms with Gasteiger partial charge >= 0.3 is 0 Å². The van der Waals surface area contributed by atoms with Crippen LogP contribution >= 0.6 is 0 Å². The molecule has 1 aliphatic rings. The molecule has 0 aromatic carbocycles. The Labute approximate surface area is 81.4 Å². The largest absolute Gasteiger partial charge is 0.380 e. The maximum Gasteiger partial charge on any atom is 0.0590 e. The van der Waals surface area contributed by atoms with Gasteiger partial charge in [-0.1, -0.05) is 12.2 Å². The molecule has 0 spiro atoms. The van der Waals surface area contributed by atoms with E-state index in [1.165, 1.54) is 19.3 Å². The fraction of sp³-hybridized carbons (Fsp3) is 0.818. The van der Waals surface area contributed by atoms with E-state index in [2.05, 4.69) is 17.5 Å². The smallest absolute Gasteiger partial charge is 0.0590 e. The van der Waals surface area contributed by atoms with Crippen LogP contribution in [0, 0.1) is 5.92 Å². The van der Waals surface area contributed by atoms with Crippen LogP contribution in [0.25, 0.3) is 0 Å². The second-order valence-electron chi connectivity index (χ2n) is 3.55. The molecule has 1 unspecified atom stereocenters. The second-order valence-corrected chi connectivity index (χ2v) is 3.55. The van der Waals surface area contributed by atoms with E-state index in [9.17, 15) is 0 Å². The summed E-state index contributed by atoms with van der Waals surface area (Å²) in [5.41, 5.74) is 0. The summed E-state index contributed by atoms with van der Waals surface area (Å²) in [7, 11) is 0. The first-order valence-corrected chi connectivity index (χ1v) is 5.37. The highest BCUT2D eigenvalue weighted by Crippen LogP contribution is 2.16. The van der Waals surface area contributed by atoms with Gasteiger partial charge in [-0.05, 0) is 38.6 Å². The fourth-order valence-corrected chi connectivity index (χ4v) is 1.64. The standard InChI is InChI=1S/C11H21NO/c1-2-13-9-8-12-10-11-6-4-3-5-7-11/h3-4,11-12H,2,5-10H2,1H3. The lowest BCUT2D eigenvalue weighted by Crippen LogP contribution is -2.26. The minimum absolute atomic E-state index is 0.827. The zero-order chi connectivity index (χ0) is 9.36. The van der Waals surface area contributed by atoms with Crippen molar-refractivity contribution in [1.29, 1.82) is 0 Å². The fourth-order valence-electron chi connectivity index (χ4n) is 1.64. The molecule has 0 heterocycles. The van der Waals surface area contributed by atoms with Gasteiger partial charge in [-0.25, -0.2) is 0 Å². The molecule has 13 heavy (non-hydrogen) atoms. The monoisotopic (exact) mass is 183 g/mol. The van der Waals surface area contributed by atoms with Crippen LogP contribution < -0.4 is 5.32 Å². The van der Waals surface area contributed by atoms with Crippen molar-refractivity contribution in [3.8, 4) is 0 Å². The Morgan fingerprint density at radius 1 is 1.46 bits per heavy atom. The minimum atomic E-state index is 0.827. The summed E-state index contributed by atoms with van der Waals surface area (Å²) in [5, 5.41) is 3.43. The molecule has 2 nitrogen and oxygen atoms in total. The van der Waals surface area contributed by atoms with Crippen molar-refractivity contribution in [3.05, 3.63) is 12.2 Å². The number of ether oxygens (including phenoxy) is 1. The van der Waals surface area contributed by atoms with Gasteiger partial charge in [0.1, 0.15) is 0 Å². The highest BCUT2D eigenvalue weighted by Gasteiger charge is 2.08. The minimum Gasteiger partial charge on any atom is -0.380 e. The maximum absolute atomic E-state index is 5.25. The van der Waals surface area contributed by atoms with Gasteiger partial charge in [-0.3, -0.25) is 0 Å². The third-order valence-corrected chi connectivity index (χ3v) is 2.44. The third kappa shape index (κ3) is 5.06. The van der Waals surface area contributed by atoms with Gasteiger partial charge in [0, 0.05) is 13.2 Å². The van der Waals surface area contributed by atoms with E-state index in [1.807, 2.05) is 6.92 Å². The Kier molecular flexibility index (Phi) is 5.87. The molecular formula is C11H21NO. The summed E-state index contributed by atoms with van der Waals surface area (Å²) < 4.78 is 5.25. The second kappa shape index (κ2) is 7.10. The molecule has 0 fully saturated rings. The van der Waals surface area contributed by atoms with Crippen LogP contribution in [0.5, 0.6) is 0 Å². The van der Waals surface area contributed by atoms with E-state index in [0.717, 1.165) is 32.2 Å². The first-order valence-electron chi connectivity index (χ1n) is 5.37. The van der Waals surface area contributed by atoms with E-state index in [-0.39, 0.29) is 0 Å². The predicted molar refractivity (Wildman–Crippen MR) is 55.8 cm³/mol. The molecule has 1 rings (SSSR count). The van der Waals surface area contributed by atoms with Crippen molar-refractivity contribution >= 4 is 0 Å². The lowest BCUT2D eigenvalue weighted by atomic mass is 9.94. The first kappa shape index (κ1) is 10.7. The van der Waals surface area contributed by atoms with Crippen molar-refractivity contribution in [3.63, 3.8) is 0 Å². The van der Waals surface area contributed by atoms with Crippen LogP contribution in [0.15, 0.2) is 12.2 Å². The van der Waals surface area contributed by atoms with E-state index in [4.69, 9.17) is 4.74 Å². The Bertz CT molecular complexity index is 145. The van der Waals surface area contributed by atoms with Gasteiger partial charge in [-0.15, -0.1) is 0 Å². The number of rotatable bonds is 6. The molecule has 0 aromatic rings. The average molecular weight is 183 g/mol. The van der Waals surface area contributed by atoms with Crippen LogP contribution in [-0.2, 0) is 4.74 Å². The molecule has 0 amide bonds. The Morgan fingerprint density at radius 2 is 2.38 bits per heavy atom. The molecular weight excluding hydrogens is 162 g/mol. The third-order valence-electron chi connectivity index (χ3n) is 2.44. The van der Waals surface area contributed by atoms with Crippen LogP contribution in [0.1, 0.15) is 26.2 Å². The van der Waals surface area contributed by atoms with Crippen molar-refractivity contribution in [2.75, 3.05) is 26.3 Å². The molecule has 0 bridgehead atoms. The van der Waals surface area contributed by atoms with Crippen molar-refractivity contribution in [1.82, 2.24) is 5.32 Å². The summed E-state index contributed by atoms with van der Waals surface area (Å²) in [5.74, 6) is 0.853. The summed E-state index contributed by atoms with van der Waals surface area (Å²) in [4.78, 5) is 0. The zero-order valence-electron chi connectivity index (χ0n) is 8.59. The number of hydrogen-bond donors (Lipinski definition) is 1. The predicted octanol–water partition coefficient (Wildman–Crippen LogP) is 1.97.